The first-order valence-electron chi connectivity index (χ1n) is 5.05. The number of hydrogen-bond acceptors (Lipinski definition) is 3. The van der Waals surface area contributed by atoms with Gasteiger partial charge in [-0.1, -0.05) is 6.07 Å². The van der Waals surface area contributed by atoms with Crippen molar-refractivity contribution in [1.29, 1.82) is 0 Å². The molecule has 92 valence electrons. The smallest absolute Gasteiger partial charge is 0.250 e. The summed E-state index contributed by atoms with van der Waals surface area (Å²) >= 11 is 5.65. The number of carbonyl (C=O) groups excluding carboxylic acids is 2. The van der Waals surface area contributed by atoms with Crippen LogP contribution in [0.15, 0.2) is 18.2 Å². The van der Waals surface area contributed by atoms with E-state index >= 15 is 0 Å². The molecule has 4 nitrogen and oxygen atoms in total. The molecule has 0 saturated heterocycles. The van der Waals surface area contributed by atoms with Crippen LogP contribution >= 0.6 is 11.6 Å². The summed E-state index contributed by atoms with van der Waals surface area (Å²) in [4.78, 5) is 22.6. The quantitative estimate of drug-likeness (QED) is 0.662. The molecule has 1 aromatic rings. The van der Waals surface area contributed by atoms with E-state index in [9.17, 15) is 9.59 Å². The minimum absolute atomic E-state index is 0.393. The molecule has 0 aliphatic heterocycles. The third-order valence-corrected chi connectivity index (χ3v) is 2.71. The second-order valence-corrected chi connectivity index (χ2v) is 4.10. The van der Waals surface area contributed by atoms with E-state index < -0.39 is 17.1 Å². The number of benzene rings is 1. The molecular formula is C12H14ClNO3. The Morgan fingerprint density at radius 2 is 2.06 bits per heavy atom. The largest absolute Gasteiger partial charge is 0.495 e. The van der Waals surface area contributed by atoms with Gasteiger partial charge in [0.25, 0.3) is 0 Å². The van der Waals surface area contributed by atoms with E-state index in [1.165, 1.54) is 14.0 Å². The van der Waals surface area contributed by atoms with Gasteiger partial charge in [0.05, 0.1) is 12.8 Å². The zero-order valence-corrected chi connectivity index (χ0v) is 10.7. The van der Waals surface area contributed by atoms with Gasteiger partial charge in [0, 0.05) is 0 Å². The first-order valence-corrected chi connectivity index (χ1v) is 5.49. The molecule has 0 spiro atoms. The fourth-order valence-corrected chi connectivity index (χ4v) is 1.35. The van der Waals surface area contributed by atoms with Crippen LogP contribution < -0.4 is 10.1 Å². The number of halogens is 1. The summed E-state index contributed by atoms with van der Waals surface area (Å²) < 4.78 is 5.10. The standard InChI is InChI=1S/C12H14ClNO3/c1-7-4-5-10(17-3)9(6-7)14-12(16)11(13)8(2)15/h4-6,11H,1-3H3,(H,14,16). The fourth-order valence-electron chi connectivity index (χ4n) is 1.30. The summed E-state index contributed by atoms with van der Waals surface area (Å²) in [5.74, 6) is -0.421. The van der Waals surface area contributed by atoms with Crippen molar-refractivity contribution < 1.29 is 14.3 Å². The zero-order chi connectivity index (χ0) is 13.0. The number of ketones is 1. The average Bonchev–Trinajstić information content (AvgIpc) is 2.28. The highest BCUT2D eigenvalue weighted by atomic mass is 35.5. The second kappa shape index (κ2) is 5.68. The Balaban J connectivity index is 2.91. The van der Waals surface area contributed by atoms with Crippen molar-refractivity contribution in [2.24, 2.45) is 0 Å². The molecule has 0 fully saturated rings. The topological polar surface area (TPSA) is 55.4 Å². The van der Waals surface area contributed by atoms with Gasteiger partial charge in [0.15, 0.2) is 11.2 Å². The number of aryl methyl sites for hydroxylation is 1. The van der Waals surface area contributed by atoms with Gasteiger partial charge in [0.2, 0.25) is 5.91 Å². The van der Waals surface area contributed by atoms with E-state index in [2.05, 4.69) is 5.32 Å². The number of nitrogens with one attached hydrogen (secondary N) is 1. The number of Topliss-reactive ketones (excluding diaryl/α,β-unsaturated/α-hetero) is 1. The van der Waals surface area contributed by atoms with Crippen molar-refractivity contribution in [3.63, 3.8) is 0 Å². The molecule has 0 radical (unpaired) electrons. The first kappa shape index (κ1) is 13.5. The van der Waals surface area contributed by atoms with E-state index in [0.717, 1.165) is 5.56 Å². The Kier molecular flexibility index (Phi) is 4.52. The summed E-state index contributed by atoms with van der Waals surface area (Å²) in [6, 6.07) is 5.35. The molecule has 1 aromatic carbocycles. The Bertz CT molecular complexity index is 445. The molecule has 0 aliphatic carbocycles. The number of hydrogen-bond donors (Lipinski definition) is 1. The Morgan fingerprint density at radius 1 is 1.41 bits per heavy atom. The van der Waals surface area contributed by atoms with Gasteiger partial charge in [0.1, 0.15) is 5.75 Å². The molecule has 17 heavy (non-hydrogen) atoms. The monoisotopic (exact) mass is 255 g/mol. The molecule has 0 bridgehead atoms. The molecule has 0 heterocycles. The minimum atomic E-state index is -1.18. The Morgan fingerprint density at radius 3 is 2.59 bits per heavy atom. The average molecular weight is 256 g/mol. The summed E-state index contributed by atoms with van der Waals surface area (Å²) in [5.41, 5.74) is 1.47. The highest BCUT2D eigenvalue weighted by molar-refractivity contribution is 6.43. The third-order valence-electron chi connectivity index (χ3n) is 2.20. The predicted molar refractivity (Wildman–Crippen MR) is 66.7 cm³/mol. The summed E-state index contributed by atoms with van der Waals surface area (Å²) in [6.07, 6.45) is 0. The highest BCUT2D eigenvalue weighted by Gasteiger charge is 2.21. The molecule has 5 heteroatoms. The van der Waals surface area contributed by atoms with Crippen LogP contribution in [0.4, 0.5) is 5.69 Å². The summed E-state index contributed by atoms with van der Waals surface area (Å²) in [6.45, 7) is 3.16. The van der Waals surface area contributed by atoms with Gasteiger partial charge in [-0.15, -0.1) is 11.6 Å². The van der Waals surface area contributed by atoms with Crippen LogP contribution in [0, 0.1) is 6.92 Å². The minimum Gasteiger partial charge on any atom is -0.495 e. The fraction of sp³-hybridized carbons (Fsp3) is 0.333. The van der Waals surface area contributed by atoms with Gasteiger partial charge < -0.3 is 10.1 Å². The van der Waals surface area contributed by atoms with Gasteiger partial charge in [-0.2, -0.15) is 0 Å². The lowest BCUT2D eigenvalue weighted by Gasteiger charge is -2.12. The molecule has 1 atom stereocenters. The molecule has 1 rings (SSSR count). The SMILES string of the molecule is COc1ccc(C)cc1NC(=O)C(Cl)C(C)=O. The lowest BCUT2D eigenvalue weighted by atomic mass is 10.2. The van der Waals surface area contributed by atoms with Gasteiger partial charge in [-0.25, -0.2) is 0 Å². The maximum absolute atomic E-state index is 11.6. The number of rotatable bonds is 4. The number of ether oxygens (including phenoxy) is 1. The first-order chi connectivity index (χ1) is 7.95. The van der Waals surface area contributed by atoms with Crippen LogP contribution in [0.2, 0.25) is 0 Å². The molecule has 0 aromatic heterocycles. The molecule has 0 saturated carbocycles. The highest BCUT2D eigenvalue weighted by Crippen LogP contribution is 2.25. The Labute approximate surface area is 105 Å². The lowest BCUT2D eigenvalue weighted by molar-refractivity contribution is -0.123. The summed E-state index contributed by atoms with van der Waals surface area (Å²) in [7, 11) is 1.50. The number of carbonyl (C=O) groups is 2. The van der Waals surface area contributed by atoms with Gasteiger partial charge >= 0.3 is 0 Å². The molecule has 1 amide bonds. The van der Waals surface area contributed by atoms with Crippen molar-refractivity contribution in [3.8, 4) is 5.75 Å². The van der Waals surface area contributed by atoms with Crippen LogP contribution in [0.3, 0.4) is 0 Å². The molecule has 1 N–H and O–H groups in total. The van der Waals surface area contributed by atoms with Crippen LogP contribution in [0.1, 0.15) is 12.5 Å². The van der Waals surface area contributed by atoms with Crippen LogP contribution in [0.5, 0.6) is 5.75 Å². The number of alkyl halides is 1. The van der Waals surface area contributed by atoms with Crippen LogP contribution in [0.25, 0.3) is 0 Å². The van der Waals surface area contributed by atoms with Crippen molar-refractivity contribution in [2.75, 3.05) is 12.4 Å². The van der Waals surface area contributed by atoms with E-state index in [1.807, 2.05) is 13.0 Å². The lowest BCUT2D eigenvalue weighted by Crippen LogP contribution is -2.28. The van der Waals surface area contributed by atoms with E-state index in [0.29, 0.717) is 11.4 Å². The number of anilines is 1. The summed E-state index contributed by atoms with van der Waals surface area (Å²) in [5, 5.41) is 1.39. The number of amides is 1. The predicted octanol–water partition coefficient (Wildman–Crippen LogP) is 2.14. The van der Waals surface area contributed by atoms with Gasteiger partial charge in [-0.05, 0) is 31.5 Å². The van der Waals surface area contributed by atoms with E-state index in [1.54, 1.807) is 12.1 Å². The normalized spacial score (nSPS) is 11.8. The third kappa shape index (κ3) is 3.46. The van der Waals surface area contributed by atoms with Crippen molar-refractivity contribution in [2.45, 2.75) is 19.2 Å². The van der Waals surface area contributed by atoms with E-state index in [-0.39, 0.29) is 0 Å². The van der Waals surface area contributed by atoms with Crippen LogP contribution in [-0.4, -0.2) is 24.2 Å². The molecular weight excluding hydrogens is 242 g/mol. The maximum atomic E-state index is 11.6. The molecule has 1 unspecified atom stereocenters. The zero-order valence-electron chi connectivity index (χ0n) is 9.91. The Hall–Kier alpha value is -1.55. The van der Waals surface area contributed by atoms with E-state index in [4.69, 9.17) is 16.3 Å². The van der Waals surface area contributed by atoms with Crippen LogP contribution in [-0.2, 0) is 9.59 Å². The van der Waals surface area contributed by atoms with Crippen molar-refractivity contribution in [1.82, 2.24) is 0 Å². The molecule has 0 aliphatic rings. The second-order valence-electron chi connectivity index (χ2n) is 3.67. The maximum Gasteiger partial charge on any atom is 0.250 e. The van der Waals surface area contributed by atoms with Crippen molar-refractivity contribution in [3.05, 3.63) is 23.8 Å². The number of methoxy groups -OCH3 is 1. The van der Waals surface area contributed by atoms with Crippen molar-refractivity contribution >= 4 is 29.0 Å². The van der Waals surface area contributed by atoms with Gasteiger partial charge in [-0.3, -0.25) is 9.59 Å².